The smallest absolute Gasteiger partial charge is 0.346 e. The summed E-state index contributed by atoms with van der Waals surface area (Å²) in [4.78, 5) is 30.3. The molecule has 184 valence electrons. The van der Waals surface area contributed by atoms with E-state index in [0.29, 0.717) is 33.8 Å². The minimum absolute atomic E-state index is 0.158. The molecule has 8 nitrogen and oxygen atoms in total. The minimum atomic E-state index is -0.870. The number of aromatic nitrogens is 2. The summed E-state index contributed by atoms with van der Waals surface area (Å²) in [5.41, 5.74) is 0.978. The van der Waals surface area contributed by atoms with Crippen molar-refractivity contribution >= 4 is 39.0 Å². The van der Waals surface area contributed by atoms with Crippen LogP contribution in [0.15, 0.2) is 50.8 Å². The molecule has 1 aliphatic carbocycles. The number of nitrogens with zero attached hydrogens (tertiary/aromatic N) is 3. The zero-order chi connectivity index (χ0) is 24.9. The lowest BCUT2D eigenvalue weighted by Crippen LogP contribution is -2.26. The topological polar surface area (TPSA) is 92.0 Å². The summed E-state index contributed by atoms with van der Waals surface area (Å²) in [6.45, 7) is 1.59. The zero-order valence-electron chi connectivity index (χ0n) is 20.0. The second kappa shape index (κ2) is 11.0. The molecule has 1 aliphatic rings. The van der Waals surface area contributed by atoms with Crippen LogP contribution in [0.5, 0.6) is 11.5 Å². The third kappa shape index (κ3) is 5.40. The van der Waals surface area contributed by atoms with Gasteiger partial charge in [0.25, 0.3) is 5.56 Å². The minimum Gasteiger partial charge on any atom is -0.493 e. The molecular formula is C26H28BrN3O5. The van der Waals surface area contributed by atoms with Crippen LogP contribution in [0.4, 0.5) is 0 Å². The van der Waals surface area contributed by atoms with Gasteiger partial charge in [0.15, 0.2) is 17.6 Å². The van der Waals surface area contributed by atoms with Gasteiger partial charge in [-0.3, -0.25) is 4.79 Å². The van der Waals surface area contributed by atoms with Gasteiger partial charge in [-0.1, -0.05) is 47.3 Å². The number of hydrogen-bond acceptors (Lipinski definition) is 7. The van der Waals surface area contributed by atoms with Crippen molar-refractivity contribution < 1.29 is 19.0 Å². The Morgan fingerprint density at radius 2 is 1.94 bits per heavy atom. The van der Waals surface area contributed by atoms with E-state index in [4.69, 9.17) is 19.2 Å². The van der Waals surface area contributed by atoms with Crippen molar-refractivity contribution in [2.75, 3.05) is 14.2 Å². The van der Waals surface area contributed by atoms with E-state index >= 15 is 0 Å². The molecule has 2 aromatic carbocycles. The van der Waals surface area contributed by atoms with Crippen LogP contribution < -0.4 is 15.0 Å². The van der Waals surface area contributed by atoms with Crippen molar-refractivity contribution in [3.8, 4) is 11.5 Å². The third-order valence-corrected chi connectivity index (χ3v) is 6.62. The Bertz CT molecular complexity index is 1310. The Labute approximate surface area is 212 Å². The number of esters is 1. The first-order chi connectivity index (χ1) is 16.9. The summed E-state index contributed by atoms with van der Waals surface area (Å²) in [7, 11) is 2.81. The van der Waals surface area contributed by atoms with Gasteiger partial charge in [0.05, 0.1) is 31.3 Å². The van der Waals surface area contributed by atoms with Crippen LogP contribution in [0, 0.1) is 0 Å². The van der Waals surface area contributed by atoms with Crippen molar-refractivity contribution in [2.45, 2.75) is 51.0 Å². The van der Waals surface area contributed by atoms with Gasteiger partial charge in [-0.05, 0) is 44.0 Å². The van der Waals surface area contributed by atoms with Crippen LogP contribution in [0.2, 0.25) is 0 Å². The standard InChI is InChI=1S/C26H28BrN3O5/c1-16(26(32)34-3)35-23-18(13-19(27)14-22(23)33-2)15-28-30-24(17-9-5-4-6-10-17)29-21-12-8-7-11-20(21)25(30)31/h7-8,11-17H,4-6,9-10H2,1-3H3/t16-/m0/s1. The SMILES string of the molecule is COC(=O)[C@H](C)Oc1c(C=Nn2c(C3CCCCC3)nc3ccccc3c2=O)cc(Br)cc1OC. The second-order valence-electron chi connectivity index (χ2n) is 8.49. The average molecular weight is 542 g/mol. The van der Waals surface area contributed by atoms with E-state index in [1.54, 1.807) is 25.1 Å². The highest BCUT2D eigenvalue weighted by molar-refractivity contribution is 9.10. The number of methoxy groups -OCH3 is 2. The Hall–Kier alpha value is -3.20. The van der Waals surface area contributed by atoms with E-state index in [-0.39, 0.29) is 11.5 Å². The fourth-order valence-corrected chi connectivity index (χ4v) is 4.81. The molecule has 35 heavy (non-hydrogen) atoms. The first-order valence-electron chi connectivity index (χ1n) is 11.6. The van der Waals surface area contributed by atoms with Gasteiger partial charge in [-0.15, -0.1) is 0 Å². The van der Waals surface area contributed by atoms with E-state index in [2.05, 4.69) is 21.0 Å². The molecule has 0 unspecified atom stereocenters. The molecule has 9 heteroatoms. The Morgan fingerprint density at radius 3 is 2.66 bits per heavy atom. The number of halogens is 1. The van der Waals surface area contributed by atoms with Crippen molar-refractivity contribution in [1.82, 2.24) is 9.66 Å². The first-order valence-corrected chi connectivity index (χ1v) is 12.4. The van der Waals surface area contributed by atoms with Crippen LogP contribution in [-0.4, -0.2) is 42.2 Å². The number of hydrogen-bond donors (Lipinski definition) is 0. The molecule has 3 aromatic rings. The van der Waals surface area contributed by atoms with E-state index in [1.165, 1.54) is 31.5 Å². The lowest BCUT2D eigenvalue weighted by atomic mass is 9.88. The molecule has 1 heterocycles. The summed E-state index contributed by atoms with van der Waals surface area (Å²) in [6.07, 6.45) is 5.99. The van der Waals surface area contributed by atoms with Crippen LogP contribution >= 0.6 is 15.9 Å². The molecule has 1 saturated carbocycles. The molecule has 1 aromatic heterocycles. The number of carbonyl (C=O) groups excluding carboxylic acids is 1. The fraction of sp³-hybridized carbons (Fsp3) is 0.385. The largest absolute Gasteiger partial charge is 0.493 e. The maximum Gasteiger partial charge on any atom is 0.346 e. The summed E-state index contributed by atoms with van der Waals surface area (Å²) in [6, 6.07) is 10.8. The molecule has 0 N–H and O–H groups in total. The average Bonchev–Trinajstić information content (AvgIpc) is 2.89. The number of para-hydroxylation sites is 1. The highest BCUT2D eigenvalue weighted by Gasteiger charge is 2.23. The molecule has 0 bridgehead atoms. The molecule has 4 rings (SSSR count). The molecule has 1 fully saturated rings. The highest BCUT2D eigenvalue weighted by Crippen LogP contribution is 2.35. The summed E-state index contributed by atoms with van der Waals surface area (Å²) in [5.74, 6) is 1.03. The van der Waals surface area contributed by atoms with Crippen molar-refractivity contribution in [1.29, 1.82) is 0 Å². The van der Waals surface area contributed by atoms with Gasteiger partial charge in [0.2, 0.25) is 0 Å². The maximum atomic E-state index is 13.5. The molecule has 1 atom stereocenters. The Morgan fingerprint density at radius 1 is 1.20 bits per heavy atom. The predicted molar refractivity (Wildman–Crippen MR) is 138 cm³/mol. The summed E-state index contributed by atoms with van der Waals surface area (Å²) >= 11 is 3.48. The normalized spacial score (nSPS) is 15.3. The Kier molecular flexibility index (Phi) is 7.85. The van der Waals surface area contributed by atoms with E-state index in [9.17, 15) is 9.59 Å². The quantitative estimate of drug-likeness (QED) is 0.307. The van der Waals surface area contributed by atoms with E-state index < -0.39 is 12.1 Å². The number of fused-ring (bicyclic) bond motifs is 1. The molecule has 0 spiro atoms. The summed E-state index contributed by atoms with van der Waals surface area (Å²) < 4.78 is 18.3. The monoisotopic (exact) mass is 541 g/mol. The maximum absolute atomic E-state index is 13.5. The molecule has 0 saturated heterocycles. The van der Waals surface area contributed by atoms with Crippen LogP contribution in [0.25, 0.3) is 10.9 Å². The lowest BCUT2D eigenvalue weighted by molar-refractivity contribution is -0.147. The van der Waals surface area contributed by atoms with Crippen molar-refractivity contribution in [3.05, 3.63) is 62.6 Å². The molecule has 0 amide bonds. The highest BCUT2D eigenvalue weighted by atomic mass is 79.9. The van der Waals surface area contributed by atoms with Gasteiger partial charge >= 0.3 is 5.97 Å². The van der Waals surface area contributed by atoms with Gasteiger partial charge in [0.1, 0.15) is 5.82 Å². The number of ether oxygens (including phenoxy) is 3. The van der Waals surface area contributed by atoms with Crippen molar-refractivity contribution in [3.63, 3.8) is 0 Å². The fourth-order valence-electron chi connectivity index (χ4n) is 4.35. The predicted octanol–water partition coefficient (Wildman–Crippen LogP) is 5.04. The number of benzene rings is 2. The van der Waals surface area contributed by atoms with Crippen molar-refractivity contribution in [2.24, 2.45) is 5.10 Å². The van der Waals surface area contributed by atoms with E-state index in [1.807, 2.05) is 18.2 Å². The van der Waals surface area contributed by atoms with Gasteiger partial charge in [0, 0.05) is 16.0 Å². The van der Waals surface area contributed by atoms with Gasteiger partial charge in [-0.25, -0.2) is 9.78 Å². The van der Waals surface area contributed by atoms with Crippen LogP contribution in [0.3, 0.4) is 0 Å². The van der Waals surface area contributed by atoms with Gasteiger partial charge < -0.3 is 14.2 Å². The van der Waals surface area contributed by atoms with Gasteiger partial charge in [-0.2, -0.15) is 9.78 Å². The third-order valence-electron chi connectivity index (χ3n) is 6.16. The summed E-state index contributed by atoms with van der Waals surface area (Å²) in [5, 5.41) is 5.10. The Balaban J connectivity index is 1.83. The molecule has 0 aliphatic heterocycles. The number of rotatable bonds is 7. The number of carbonyl (C=O) groups is 1. The second-order valence-corrected chi connectivity index (χ2v) is 9.41. The first kappa shape index (κ1) is 24.9. The van der Waals surface area contributed by atoms with Crippen LogP contribution in [-0.2, 0) is 9.53 Å². The van der Waals surface area contributed by atoms with Crippen LogP contribution in [0.1, 0.15) is 56.3 Å². The molecular weight excluding hydrogens is 514 g/mol. The lowest BCUT2D eigenvalue weighted by Gasteiger charge is -2.23. The zero-order valence-corrected chi connectivity index (χ0v) is 21.6. The van der Waals surface area contributed by atoms with E-state index in [0.717, 1.165) is 30.2 Å². The molecule has 0 radical (unpaired) electrons.